The van der Waals surface area contributed by atoms with Crippen molar-refractivity contribution in [2.45, 2.75) is 25.4 Å². The van der Waals surface area contributed by atoms with E-state index in [2.05, 4.69) is 20.6 Å². The minimum atomic E-state index is 0. The van der Waals surface area contributed by atoms with E-state index in [0.29, 0.717) is 18.5 Å². The lowest BCUT2D eigenvalue weighted by Gasteiger charge is -2.17. The maximum Gasteiger partial charge on any atom is 0.255 e. The molecule has 0 saturated carbocycles. The SMILES string of the molecule is Cl.O=c1[nH]c(NC2CCSC2)nc2c1CCNC2. The van der Waals surface area contributed by atoms with Crippen LogP contribution >= 0.6 is 24.2 Å². The zero-order chi connectivity index (χ0) is 11.7. The Kier molecular flexibility index (Phi) is 4.53. The molecule has 3 heterocycles. The van der Waals surface area contributed by atoms with Crippen LogP contribution in [0.2, 0.25) is 0 Å². The fraction of sp³-hybridized carbons (Fsp3) is 0.636. The normalized spacial score (nSPS) is 22.1. The molecule has 2 aliphatic heterocycles. The van der Waals surface area contributed by atoms with Gasteiger partial charge in [-0.25, -0.2) is 4.98 Å². The summed E-state index contributed by atoms with van der Waals surface area (Å²) in [5.74, 6) is 2.91. The van der Waals surface area contributed by atoms with Crippen LogP contribution in [-0.4, -0.2) is 34.1 Å². The summed E-state index contributed by atoms with van der Waals surface area (Å²) in [5, 5.41) is 6.56. The first kappa shape index (κ1) is 13.7. The average molecular weight is 289 g/mol. The highest BCUT2D eigenvalue weighted by molar-refractivity contribution is 7.99. The summed E-state index contributed by atoms with van der Waals surface area (Å²) in [6, 6.07) is 0.442. The summed E-state index contributed by atoms with van der Waals surface area (Å²) in [6.07, 6.45) is 1.92. The van der Waals surface area contributed by atoms with E-state index in [1.165, 1.54) is 5.75 Å². The number of anilines is 1. The second-order valence-corrected chi connectivity index (χ2v) is 5.62. The molecule has 1 fully saturated rings. The molecule has 1 unspecified atom stereocenters. The van der Waals surface area contributed by atoms with Gasteiger partial charge in [0.05, 0.1) is 5.69 Å². The van der Waals surface area contributed by atoms with Crippen molar-refractivity contribution in [1.29, 1.82) is 0 Å². The van der Waals surface area contributed by atoms with Crippen LogP contribution in [0.5, 0.6) is 0 Å². The Morgan fingerprint density at radius 3 is 3.11 bits per heavy atom. The molecule has 1 saturated heterocycles. The first-order valence-corrected chi connectivity index (χ1v) is 7.15. The number of hydrogen-bond acceptors (Lipinski definition) is 5. The van der Waals surface area contributed by atoms with E-state index in [9.17, 15) is 4.79 Å². The summed E-state index contributed by atoms with van der Waals surface area (Å²) in [4.78, 5) is 19.2. The smallest absolute Gasteiger partial charge is 0.255 e. The third-order valence-electron chi connectivity index (χ3n) is 3.22. The fourth-order valence-electron chi connectivity index (χ4n) is 2.28. The number of nitrogens with zero attached hydrogens (tertiary/aromatic N) is 1. The van der Waals surface area contributed by atoms with E-state index in [-0.39, 0.29) is 18.0 Å². The monoisotopic (exact) mass is 288 g/mol. The molecule has 3 rings (SSSR count). The molecule has 0 amide bonds. The van der Waals surface area contributed by atoms with Crippen molar-refractivity contribution in [1.82, 2.24) is 15.3 Å². The number of thioether (sulfide) groups is 1. The highest BCUT2D eigenvalue weighted by atomic mass is 35.5. The molecule has 0 radical (unpaired) electrons. The van der Waals surface area contributed by atoms with Crippen LogP contribution in [0.4, 0.5) is 5.95 Å². The van der Waals surface area contributed by atoms with Gasteiger partial charge in [0.1, 0.15) is 0 Å². The Balaban J connectivity index is 0.00000120. The van der Waals surface area contributed by atoms with Gasteiger partial charge in [0.25, 0.3) is 5.56 Å². The number of aromatic nitrogens is 2. The number of H-pyrrole nitrogens is 1. The number of hydrogen-bond donors (Lipinski definition) is 3. The summed E-state index contributed by atoms with van der Waals surface area (Å²) in [5.41, 5.74) is 1.76. The number of fused-ring (bicyclic) bond motifs is 1. The van der Waals surface area contributed by atoms with Gasteiger partial charge in [-0.1, -0.05) is 0 Å². The first-order valence-electron chi connectivity index (χ1n) is 6.00. The van der Waals surface area contributed by atoms with Gasteiger partial charge < -0.3 is 10.6 Å². The molecule has 3 N–H and O–H groups in total. The van der Waals surface area contributed by atoms with Crippen LogP contribution in [-0.2, 0) is 13.0 Å². The van der Waals surface area contributed by atoms with Gasteiger partial charge >= 0.3 is 0 Å². The van der Waals surface area contributed by atoms with Gasteiger partial charge in [-0.05, 0) is 25.1 Å². The molecule has 18 heavy (non-hydrogen) atoms. The van der Waals surface area contributed by atoms with Crippen LogP contribution in [0.3, 0.4) is 0 Å². The van der Waals surface area contributed by atoms with Crippen molar-refractivity contribution in [3.8, 4) is 0 Å². The Labute approximate surface area is 116 Å². The molecular weight excluding hydrogens is 272 g/mol. The van der Waals surface area contributed by atoms with Crippen molar-refractivity contribution in [3.05, 3.63) is 21.6 Å². The van der Waals surface area contributed by atoms with Crippen LogP contribution in [0.15, 0.2) is 4.79 Å². The zero-order valence-electron chi connectivity index (χ0n) is 9.99. The van der Waals surface area contributed by atoms with Crippen LogP contribution in [0.1, 0.15) is 17.7 Å². The lowest BCUT2D eigenvalue weighted by atomic mass is 10.1. The molecule has 2 aliphatic rings. The Morgan fingerprint density at radius 1 is 1.44 bits per heavy atom. The maximum atomic E-state index is 11.9. The topological polar surface area (TPSA) is 69.8 Å². The molecule has 7 heteroatoms. The Hall–Kier alpha value is -0.720. The number of halogens is 1. The Bertz CT molecular complexity index is 473. The number of aromatic amines is 1. The molecule has 0 bridgehead atoms. The first-order chi connectivity index (χ1) is 8.33. The maximum absolute atomic E-state index is 11.9. The summed E-state index contributed by atoms with van der Waals surface area (Å²) < 4.78 is 0. The summed E-state index contributed by atoms with van der Waals surface area (Å²) >= 11 is 1.94. The standard InChI is InChI=1S/C11H16N4OS.ClH/c16-10-8-1-3-12-5-9(8)14-11(15-10)13-7-2-4-17-6-7;/h7,12H,1-6H2,(H2,13,14,15,16);1H. The van der Waals surface area contributed by atoms with E-state index < -0.39 is 0 Å². The van der Waals surface area contributed by atoms with E-state index in [1.807, 2.05) is 11.8 Å². The van der Waals surface area contributed by atoms with Gasteiger partial charge in [-0.2, -0.15) is 11.8 Å². The van der Waals surface area contributed by atoms with Crippen molar-refractivity contribution < 1.29 is 0 Å². The van der Waals surface area contributed by atoms with Crippen LogP contribution in [0.25, 0.3) is 0 Å². The van der Waals surface area contributed by atoms with Gasteiger partial charge in [0.2, 0.25) is 5.95 Å². The summed E-state index contributed by atoms with van der Waals surface area (Å²) in [7, 11) is 0. The van der Waals surface area contributed by atoms with Gasteiger partial charge in [-0.3, -0.25) is 9.78 Å². The quantitative estimate of drug-likeness (QED) is 0.749. The van der Waals surface area contributed by atoms with E-state index in [1.54, 1.807) is 0 Å². The van der Waals surface area contributed by atoms with E-state index >= 15 is 0 Å². The molecule has 1 aromatic rings. The Morgan fingerprint density at radius 2 is 2.33 bits per heavy atom. The van der Waals surface area contributed by atoms with Crippen LogP contribution in [0, 0.1) is 0 Å². The van der Waals surface area contributed by atoms with Gasteiger partial charge in [0, 0.05) is 23.9 Å². The lowest BCUT2D eigenvalue weighted by molar-refractivity contribution is 0.618. The van der Waals surface area contributed by atoms with E-state index in [0.717, 1.165) is 36.4 Å². The number of nitrogens with one attached hydrogen (secondary N) is 3. The third kappa shape index (κ3) is 2.81. The highest BCUT2D eigenvalue weighted by Crippen LogP contribution is 2.20. The number of rotatable bonds is 2. The molecule has 0 aliphatic carbocycles. The second kappa shape index (κ2) is 5.95. The molecule has 0 aromatic carbocycles. The predicted octanol–water partition coefficient (Wildman–Crippen LogP) is 0.755. The van der Waals surface area contributed by atoms with Crippen molar-refractivity contribution in [2.24, 2.45) is 0 Å². The van der Waals surface area contributed by atoms with E-state index in [4.69, 9.17) is 0 Å². The van der Waals surface area contributed by atoms with Gasteiger partial charge in [0.15, 0.2) is 0 Å². The van der Waals surface area contributed by atoms with Crippen molar-refractivity contribution in [2.75, 3.05) is 23.4 Å². The molecule has 1 atom stereocenters. The largest absolute Gasteiger partial charge is 0.352 e. The lowest BCUT2D eigenvalue weighted by Crippen LogP contribution is -2.32. The second-order valence-electron chi connectivity index (χ2n) is 4.47. The molecule has 100 valence electrons. The van der Waals surface area contributed by atoms with Crippen LogP contribution < -0.4 is 16.2 Å². The minimum absolute atomic E-state index is 0. The van der Waals surface area contributed by atoms with Gasteiger partial charge in [-0.15, -0.1) is 12.4 Å². The fourth-order valence-corrected chi connectivity index (χ4v) is 3.43. The average Bonchev–Trinajstić information content (AvgIpc) is 2.82. The minimum Gasteiger partial charge on any atom is -0.352 e. The molecule has 5 nitrogen and oxygen atoms in total. The summed E-state index contributed by atoms with van der Waals surface area (Å²) in [6.45, 7) is 1.57. The molecular formula is C11H17ClN4OS. The molecule has 0 spiro atoms. The van der Waals surface area contributed by atoms with Crippen molar-refractivity contribution in [3.63, 3.8) is 0 Å². The third-order valence-corrected chi connectivity index (χ3v) is 4.38. The highest BCUT2D eigenvalue weighted by Gasteiger charge is 2.18. The molecule has 1 aromatic heterocycles. The predicted molar refractivity (Wildman–Crippen MR) is 76.9 cm³/mol. The van der Waals surface area contributed by atoms with Crippen molar-refractivity contribution >= 4 is 30.1 Å². The zero-order valence-corrected chi connectivity index (χ0v) is 11.6.